The molecule has 1 N–H and O–H groups in total. The molecule has 10 nitrogen and oxygen atoms in total. The molecule has 1 saturated carbocycles. The first-order chi connectivity index (χ1) is 17.9. The Morgan fingerprint density at radius 3 is 2.43 bits per heavy atom. The molecule has 196 valence electrons. The summed E-state index contributed by atoms with van der Waals surface area (Å²) in [6.07, 6.45) is 5.05. The summed E-state index contributed by atoms with van der Waals surface area (Å²) in [5.74, 6) is 0.992. The number of methoxy groups -OCH3 is 2. The number of aryl methyl sites for hydroxylation is 1. The predicted molar refractivity (Wildman–Crippen MR) is 140 cm³/mol. The number of hydrogen-bond acceptors (Lipinski definition) is 7. The third-order valence-electron chi connectivity index (χ3n) is 6.73. The van der Waals surface area contributed by atoms with Crippen molar-refractivity contribution < 1.29 is 19.1 Å². The van der Waals surface area contributed by atoms with Crippen molar-refractivity contribution in [3.63, 3.8) is 0 Å². The number of nitrogens with one attached hydrogen (secondary N) is 1. The molecular weight excluding hydrogens is 472 g/mol. The van der Waals surface area contributed by atoms with E-state index in [1.807, 2.05) is 24.3 Å². The molecule has 1 aromatic heterocycles. The highest BCUT2D eigenvalue weighted by Gasteiger charge is 2.30. The van der Waals surface area contributed by atoms with Gasteiger partial charge in [0, 0.05) is 17.3 Å². The van der Waals surface area contributed by atoms with E-state index in [-0.39, 0.29) is 24.4 Å². The minimum absolute atomic E-state index is 0.162. The molecule has 1 aliphatic rings. The van der Waals surface area contributed by atoms with Crippen molar-refractivity contribution in [2.75, 3.05) is 19.1 Å². The number of tetrazole rings is 1. The number of carbonyl (C=O) groups excluding carboxylic acids is 2. The molecule has 4 rings (SSSR count). The molecule has 1 heterocycles. The van der Waals surface area contributed by atoms with E-state index in [1.165, 1.54) is 9.70 Å². The monoisotopic (exact) mass is 506 g/mol. The van der Waals surface area contributed by atoms with Crippen molar-refractivity contribution in [3.8, 4) is 22.9 Å². The number of carbonyl (C=O) groups is 2. The average molecular weight is 507 g/mol. The summed E-state index contributed by atoms with van der Waals surface area (Å²) in [7, 11) is 3.12. The highest BCUT2D eigenvalue weighted by atomic mass is 16.5. The lowest BCUT2D eigenvalue weighted by Crippen LogP contribution is -2.51. The highest BCUT2D eigenvalue weighted by molar-refractivity contribution is 6.00. The Kier molecular flexibility index (Phi) is 8.37. The zero-order chi connectivity index (χ0) is 26.4. The Balaban J connectivity index is 1.55. The normalized spacial score (nSPS) is 14.3. The summed E-state index contributed by atoms with van der Waals surface area (Å²) < 4.78 is 10.6. The van der Waals surface area contributed by atoms with Gasteiger partial charge in [0.05, 0.1) is 14.2 Å². The van der Waals surface area contributed by atoms with Gasteiger partial charge in [-0.25, -0.2) is 0 Å². The number of ether oxygens (including phenoxy) is 2. The standard InChI is InChI=1S/C27H34N6O4/c1-5-19-10-13-22(14-11-19)33(18(2)27(35)28-21-8-6-7-9-21)25(34)17-32-30-26(29-31-32)20-12-15-23(36-3)24(16-20)37-4/h10-16,18,21H,5-9,17H2,1-4H3,(H,28,35)/t18-/m0/s1. The van der Waals surface area contributed by atoms with Crippen LogP contribution in [0.1, 0.15) is 45.1 Å². The summed E-state index contributed by atoms with van der Waals surface area (Å²) in [5.41, 5.74) is 2.47. The molecule has 2 aromatic carbocycles. The van der Waals surface area contributed by atoms with Crippen molar-refractivity contribution in [3.05, 3.63) is 48.0 Å². The lowest BCUT2D eigenvalue weighted by Gasteiger charge is -2.29. The van der Waals surface area contributed by atoms with Crippen LogP contribution in [0.5, 0.6) is 11.5 Å². The van der Waals surface area contributed by atoms with Gasteiger partial charge in [-0.15, -0.1) is 10.2 Å². The van der Waals surface area contributed by atoms with E-state index in [0.29, 0.717) is 28.6 Å². The summed E-state index contributed by atoms with van der Waals surface area (Å²) in [4.78, 5) is 29.4. The zero-order valence-corrected chi connectivity index (χ0v) is 21.8. The topological polar surface area (TPSA) is 111 Å². The number of hydrogen-bond donors (Lipinski definition) is 1. The summed E-state index contributed by atoms with van der Waals surface area (Å²) in [6.45, 7) is 3.65. The molecule has 10 heteroatoms. The molecular formula is C27H34N6O4. The van der Waals surface area contributed by atoms with E-state index < -0.39 is 6.04 Å². The Labute approximate surface area is 216 Å². The lowest BCUT2D eigenvalue weighted by atomic mass is 10.1. The molecule has 1 atom stereocenters. The first-order valence-corrected chi connectivity index (χ1v) is 12.6. The number of aromatic nitrogens is 4. The fourth-order valence-electron chi connectivity index (χ4n) is 4.58. The Morgan fingerprint density at radius 2 is 1.78 bits per heavy atom. The summed E-state index contributed by atoms with van der Waals surface area (Å²) >= 11 is 0. The molecule has 0 bridgehead atoms. The van der Waals surface area contributed by atoms with Crippen LogP contribution >= 0.6 is 0 Å². The van der Waals surface area contributed by atoms with E-state index in [9.17, 15) is 9.59 Å². The van der Waals surface area contributed by atoms with Gasteiger partial charge < -0.3 is 14.8 Å². The van der Waals surface area contributed by atoms with Crippen LogP contribution in [0.3, 0.4) is 0 Å². The Morgan fingerprint density at radius 1 is 1.08 bits per heavy atom. The van der Waals surface area contributed by atoms with Crippen LogP contribution < -0.4 is 19.7 Å². The summed E-state index contributed by atoms with van der Waals surface area (Å²) in [6, 6.07) is 12.5. The van der Waals surface area contributed by atoms with Gasteiger partial charge in [0.1, 0.15) is 12.6 Å². The maximum Gasteiger partial charge on any atom is 0.251 e. The van der Waals surface area contributed by atoms with E-state index in [4.69, 9.17) is 9.47 Å². The summed E-state index contributed by atoms with van der Waals surface area (Å²) in [5, 5.41) is 15.7. The van der Waals surface area contributed by atoms with Gasteiger partial charge in [-0.3, -0.25) is 14.5 Å². The third kappa shape index (κ3) is 6.07. The molecule has 0 saturated heterocycles. The van der Waals surface area contributed by atoms with Crippen LogP contribution in [-0.4, -0.2) is 58.3 Å². The third-order valence-corrected chi connectivity index (χ3v) is 6.73. The first kappa shape index (κ1) is 26.1. The molecule has 1 aliphatic carbocycles. The van der Waals surface area contributed by atoms with Gasteiger partial charge in [0.15, 0.2) is 11.5 Å². The van der Waals surface area contributed by atoms with Crippen LogP contribution in [0.2, 0.25) is 0 Å². The van der Waals surface area contributed by atoms with Gasteiger partial charge in [-0.2, -0.15) is 4.80 Å². The van der Waals surface area contributed by atoms with Crippen LogP contribution in [0.25, 0.3) is 11.4 Å². The van der Waals surface area contributed by atoms with Gasteiger partial charge in [0.25, 0.3) is 5.91 Å². The van der Waals surface area contributed by atoms with E-state index in [0.717, 1.165) is 37.7 Å². The number of anilines is 1. The van der Waals surface area contributed by atoms with Crippen molar-refractivity contribution in [1.82, 2.24) is 25.5 Å². The zero-order valence-electron chi connectivity index (χ0n) is 21.8. The number of rotatable bonds is 10. The van der Waals surface area contributed by atoms with Crippen LogP contribution in [0, 0.1) is 0 Å². The van der Waals surface area contributed by atoms with Crippen LogP contribution in [0.15, 0.2) is 42.5 Å². The predicted octanol–water partition coefficient (Wildman–Crippen LogP) is 3.40. The molecule has 1 fully saturated rings. The molecule has 0 aliphatic heterocycles. The van der Waals surface area contributed by atoms with Crippen molar-refractivity contribution in [2.45, 2.75) is 64.6 Å². The largest absolute Gasteiger partial charge is 0.493 e. The number of nitrogens with zero attached hydrogens (tertiary/aromatic N) is 5. The number of amides is 2. The van der Waals surface area contributed by atoms with Crippen LogP contribution in [0.4, 0.5) is 5.69 Å². The maximum atomic E-state index is 13.6. The van der Waals surface area contributed by atoms with E-state index in [1.54, 1.807) is 39.3 Å². The van der Waals surface area contributed by atoms with Crippen LogP contribution in [-0.2, 0) is 22.6 Å². The Hall–Kier alpha value is -3.95. The first-order valence-electron chi connectivity index (χ1n) is 12.6. The van der Waals surface area contributed by atoms with Crippen molar-refractivity contribution in [1.29, 1.82) is 0 Å². The molecule has 0 radical (unpaired) electrons. The smallest absolute Gasteiger partial charge is 0.251 e. The lowest BCUT2D eigenvalue weighted by molar-refractivity contribution is -0.127. The van der Waals surface area contributed by atoms with E-state index >= 15 is 0 Å². The fourth-order valence-corrected chi connectivity index (χ4v) is 4.58. The Bertz CT molecular complexity index is 1220. The molecule has 37 heavy (non-hydrogen) atoms. The minimum Gasteiger partial charge on any atom is -0.493 e. The second-order valence-electron chi connectivity index (χ2n) is 9.16. The fraction of sp³-hybridized carbons (Fsp3) is 0.444. The second kappa shape index (κ2) is 11.9. The quantitative estimate of drug-likeness (QED) is 0.449. The SMILES string of the molecule is CCc1ccc(N(C(=O)Cn2nnc(-c3ccc(OC)c(OC)c3)n2)[C@@H](C)C(=O)NC2CCCC2)cc1. The van der Waals surface area contributed by atoms with Gasteiger partial charge in [-0.1, -0.05) is 31.9 Å². The molecule has 0 unspecified atom stereocenters. The van der Waals surface area contributed by atoms with E-state index in [2.05, 4.69) is 27.7 Å². The van der Waals surface area contributed by atoms with Gasteiger partial charge in [-0.05, 0) is 67.3 Å². The van der Waals surface area contributed by atoms with Gasteiger partial charge in [0.2, 0.25) is 11.7 Å². The average Bonchev–Trinajstić information content (AvgIpc) is 3.61. The maximum absolute atomic E-state index is 13.6. The second-order valence-corrected chi connectivity index (χ2v) is 9.16. The molecule has 0 spiro atoms. The highest BCUT2D eigenvalue weighted by Crippen LogP contribution is 2.30. The van der Waals surface area contributed by atoms with Crippen molar-refractivity contribution in [2.24, 2.45) is 0 Å². The minimum atomic E-state index is -0.700. The molecule has 2 amide bonds. The number of benzene rings is 2. The molecule has 3 aromatic rings. The van der Waals surface area contributed by atoms with Crippen molar-refractivity contribution >= 4 is 17.5 Å². The van der Waals surface area contributed by atoms with Gasteiger partial charge >= 0.3 is 0 Å².